The number of nitrogens with zero attached hydrogens (tertiary/aromatic N) is 1. The molecule has 2 aromatic rings. The van der Waals surface area contributed by atoms with Gasteiger partial charge in [0.05, 0.1) is 0 Å². The minimum absolute atomic E-state index is 0.578. The van der Waals surface area contributed by atoms with Crippen molar-refractivity contribution < 1.29 is 0 Å². The van der Waals surface area contributed by atoms with Crippen LogP contribution in [0.25, 0.3) is 12.2 Å². The largest absolute Gasteiger partial charge is 0.316 e. The second-order valence-electron chi connectivity index (χ2n) is 10.3. The van der Waals surface area contributed by atoms with Crippen LogP contribution in [0.4, 0.5) is 0 Å². The van der Waals surface area contributed by atoms with E-state index in [9.17, 15) is 0 Å². The van der Waals surface area contributed by atoms with Gasteiger partial charge >= 0.3 is 0 Å². The number of nitrogens with one attached hydrogen (secondary N) is 1. The lowest BCUT2D eigenvalue weighted by molar-refractivity contribution is -0.0527. The maximum atomic E-state index is 5.46. The Labute approximate surface area is 205 Å². The Morgan fingerprint density at radius 2 is 1.24 bits per heavy atom. The fourth-order valence-electron chi connectivity index (χ4n) is 5.18. The molecule has 0 atom stereocenters. The highest BCUT2D eigenvalue weighted by Crippen LogP contribution is 2.47. The molecule has 6 rings (SSSR count). The summed E-state index contributed by atoms with van der Waals surface area (Å²) in [5, 5.41) is 3.30. The first kappa shape index (κ1) is 24.3. The third-order valence-corrected chi connectivity index (χ3v) is 7.80. The Balaban J connectivity index is 0.000000130. The van der Waals surface area contributed by atoms with Crippen LogP contribution < -0.4 is 5.32 Å². The molecule has 0 aromatic heterocycles. The van der Waals surface area contributed by atoms with Crippen molar-refractivity contribution >= 4 is 23.8 Å². The molecule has 0 amide bonds. The van der Waals surface area contributed by atoms with E-state index in [-0.39, 0.29) is 0 Å². The van der Waals surface area contributed by atoms with Gasteiger partial charge in [0, 0.05) is 38.6 Å². The lowest BCUT2D eigenvalue weighted by Crippen LogP contribution is -2.59. The van der Waals surface area contributed by atoms with Crippen molar-refractivity contribution in [2.75, 3.05) is 38.6 Å². The van der Waals surface area contributed by atoms with Gasteiger partial charge in [-0.1, -0.05) is 97.8 Å². The Hall–Kier alpha value is -1.87. The van der Waals surface area contributed by atoms with E-state index < -0.39 is 0 Å². The first-order valence-corrected chi connectivity index (χ1v) is 13.2. The maximum absolute atomic E-state index is 5.46. The number of allylic oxidation sites excluding steroid dienone is 1. The van der Waals surface area contributed by atoms with E-state index in [4.69, 9.17) is 11.6 Å². The summed E-state index contributed by atoms with van der Waals surface area (Å²) in [5.41, 5.74) is 4.10. The maximum Gasteiger partial charge on any atom is 0.0407 e. The molecule has 2 aromatic carbocycles. The van der Waals surface area contributed by atoms with Gasteiger partial charge in [0.1, 0.15) is 0 Å². The van der Waals surface area contributed by atoms with E-state index in [1.165, 1.54) is 75.8 Å². The normalized spacial score (nSPS) is 21.7. The van der Waals surface area contributed by atoms with Gasteiger partial charge in [0.15, 0.2) is 0 Å². The molecule has 2 aliphatic heterocycles. The van der Waals surface area contributed by atoms with Crippen molar-refractivity contribution in [2.45, 2.75) is 38.5 Å². The minimum Gasteiger partial charge on any atom is -0.316 e. The van der Waals surface area contributed by atoms with E-state index in [1.54, 1.807) is 0 Å². The predicted molar refractivity (Wildman–Crippen MR) is 144 cm³/mol. The molecule has 0 radical (unpaired) electrons. The molecule has 4 fully saturated rings. The Kier molecular flexibility index (Phi) is 8.83. The second kappa shape index (κ2) is 12.0. The fourth-order valence-corrected chi connectivity index (χ4v) is 5.27. The quantitative estimate of drug-likeness (QED) is 0.487. The van der Waals surface area contributed by atoms with Gasteiger partial charge in [-0.15, -0.1) is 11.6 Å². The summed E-state index contributed by atoms with van der Waals surface area (Å²) in [7, 11) is 0. The van der Waals surface area contributed by atoms with Crippen molar-refractivity contribution in [2.24, 2.45) is 10.8 Å². The van der Waals surface area contributed by atoms with E-state index >= 15 is 0 Å². The lowest BCUT2D eigenvalue weighted by Gasteiger charge is -2.56. The molecular formula is C30H39ClN2. The van der Waals surface area contributed by atoms with Crippen LogP contribution in [0.3, 0.4) is 0 Å². The molecule has 176 valence electrons. The molecule has 4 aliphatic rings. The number of rotatable bonds is 5. The van der Waals surface area contributed by atoms with Gasteiger partial charge in [0.2, 0.25) is 0 Å². The predicted octanol–water partition coefficient (Wildman–Crippen LogP) is 6.88. The zero-order valence-electron chi connectivity index (χ0n) is 19.9. The third kappa shape index (κ3) is 7.06. The summed E-state index contributed by atoms with van der Waals surface area (Å²) in [6.45, 7) is 6.43. The standard InChI is InChI=1S/C15H19N.C9H9Cl.C6H11N/c1-2-6-14(7-3-1)8-4-11-16-12-15(13-16)9-5-10-15;10-8-4-7-9-5-2-1-3-6-9;1-2-6(3-1)4-7-5-6/h1-4,6-8H,5,9-13H2;1-7H,8H2;7H,1-5H2/b8-4+;7-4+;. The van der Waals surface area contributed by atoms with E-state index in [1.807, 2.05) is 42.5 Å². The lowest BCUT2D eigenvalue weighted by atomic mass is 9.63. The van der Waals surface area contributed by atoms with Crippen LogP contribution >= 0.6 is 11.6 Å². The van der Waals surface area contributed by atoms with Gasteiger partial charge in [-0.05, 0) is 47.6 Å². The van der Waals surface area contributed by atoms with Crippen molar-refractivity contribution in [3.63, 3.8) is 0 Å². The van der Waals surface area contributed by atoms with Gasteiger partial charge < -0.3 is 5.32 Å². The molecule has 0 bridgehead atoms. The Morgan fingerprint density at radius 3 is 1.61 bits per heavy atom. The van der Waals surface area contributed by atoms with E-state index in [0.717, 1.165) is 17.4 Å². The van der Waals surface area contributed by atoms with Crippen LogP contribution in [0, 0.1) is 10.8 Å². The molecular weight excluding hydrogens is 424 g/mol. The summed E-state index contributed by atoms with van der Waals surface area (Å²) < 4.78 is 0. The van der Waals surface area contributed by atoms with Crippen molar-refractivity contribution in [1.82, 2.24) is 10.2 Å². The average molecular weight is 463 g/mol. The monoisotopic (exact) mass is 462 g/mol. The smallest absolute Gasteiger partial charge is 0.0407 e. The summed E-state index contributed by atoms with van der Waals surface area (Å²) in [6.07, 6.45) is 17.4. The van der Waals surface area contributed by atoms with Crippen LogP contribution in [0.15, 0.2) is 72.8 Å². The molecule has 2 heterocycles. The summed E-state index contributed by atoms with van der Waals surface area (Å²) in [6, 6.07) is 20.7. The third-order valence-electron chi connectivity index (χ3n) is 7.62. The number of hydrogen-bond donors (Lipinski definition) is 1. The number of benzene rings is 2. The highest BCUT2D eigenvalue weighted by atomic mass is 35.5. The molecule has 1 N–H and O–H groups in total. The summed E-state index contributed by atoms with van der Waals surface area (Å²) >= 11 is 5.46. The van der Waals surface area contributed by atoms with Gasteiger partial charge in [-0.3, -0.25) is 4.90 Å². The highest BCUT2D eigenvalue weighted by molar-refractivity contribution is 6.19. The second-order valence-corrected chi connectivity index (χ2v) is 10.6. The Morgan fingerprint density at radius 1 is 0.727 bits per heavy atom. The fraction of sp³-hybridized carbons (Fsp3) is 0.467. The first-order chi connectivity index (χ1) is 16.2. The highest BCUT2D eigenvalue weighted by Gasteiger charge is 2.46. The van der Waals surface area contributed by atoms with Crippen LogP contribution in [0.2, 0.25) is 0 Å². The molecule has 2 saturated carbocycles. The summed E-state index contributed by atoms with van der Waals surface area (Å²) in [5.74, 6) is 0.578. The van der Waals surface area contributed by atoms with Crippen LogP contribution in [0.5, 0.6) is 0 Å². The topological polar surface area (TPSA) is 15.3 Å². The molecule has 3 heteroatoms. The van der Waals surface area contributed by atoms with Crippen molar-refractivity contribution in [3.8, 4) is 0 Å². The number of alkyl halides is 1. The molecule has 2 spiro atoms. The van der Waals surface area contributed by atoms with E-state index in [0.29, 0.717) is 5.88 Å². The number of hydrogen-bond acceptors (Lipinski definition) is 2. The molecule has 33 heavy (non-hydrogen) atoms. The molecule has 2 saturated heterocycles. The SMILES string of the molecule is C(=C\c1ccccc1)/CN1CC2(CCC2)C1.C1CC2(C1)CNC2.ClC/C=C/c1ccccc1. The molecule has 2 aliphatic carbocycles. The van der Waals surface area contributed by atoms with Crippen LogP contribution in [0.1, 0.15) is 49.7 Å². The van der Waals surface area contributed by atoms with Gasteiger partial charge in [-0.2, -0.15) is 0 Å². The van der Waals surface area contributed by atoms with Crippen molar-refractivity contribution in [1.29, 1.82) is 0 Å². The zero-order valence-corrected chi connectivity index (χ0v) is 20.6. The summed E-state index contributed by atoms with van der Waals surface area (Å²) in [4.78, 5) is 2.55. The average Bonchev–Trinajstić information content (AvgIpc) is 2.73. The van der Waals surface area contributed by atoms with Gasteiger partial charge in [0.25, 0.3) is 0 Å². The number of halogens is 1. The number of likely N-dealkylation sites (tertiary alicyclic amines) is 1. The Bertz CT molecular complexity index is 855. The molecule has 0 unspecified atom stereocenters. The van der Waals surface area contributed by atoms with Crippen molar-refractivity contribution in [3.05, 3.63) is 83.9 Å². The minimum atomic E-state index is 0.578. The van der Waals surface area contributed by atoms with Crippen LogP contribution in [-0.4, -0.2) is 43.5 Å². The first-order valence-electron chi connectivity index (χ1n) is 12.6. The molecule has 2 nitrogen and oxygen atoms in total. The van der Waals surface area contributed by atoms with Crippen LogP contribution in [-0.2, 0) is 0 Å². The van der Waals surface area contributed by atoms with Gasteiger partial charge in [-0.25, -0.2) is 0 Å². The van der Waals surface area contributed by atoms with E-state index in [2.05, 4.69) is 52.7 Å². The zero-order chi connectivity index (χ0) is 22.8.